The molecular formula is C12H15BrN4O2S. The maximum absolute atomic E-state index is 12.2. The van der Waals surface area contributed by atoms with Gasteiger partial charge in [-0.05, 0) is 40.2 Å². The Kier molecular flexibility index (Phi) is 4.46. The number of halogens is 1. The van der Waals surface area contributed by atoms with Crippen molar-refractivity contribution in [3.8, 4) is 0 Å². The first-order valence-corrected chi connectivity index (χ1v) is 8.19. The van der Waals surface area contributed by atoms with Gasteiger partial charge in [0.2, 0.25) is 10.0 Å². The highest BCUT2D eigenvalue weighted by molar-refractivity contribution is 9.10. The summed E-state index contributed by atoms with van der Waals surface area (Å²) >= 11 is 3.21. The normalized spacial score (nSPS) is 11.7. The summed E-state index contributed by atoms with van der Waals surface area (Å²) in [4.78, 5) is 0.174. The van der Waals surface area contributed by atoms with Crippen LogP contribution in [0.4, 0.5) is 5.69 Å². The highest BCUT2D eigenvalue weighted by Gasteiger charge is 2.17. The van der Waals surface area contributed by atoms with Gasteiger partial charge >= 0.3 is 0 Å². The Morgan fingerprint density at radius 2 is 2.15 bits per heavy atom. The molecule has 0 radical (unpaired) electrons. The van der Waals surface area contributed by atoms with E-state index in [9.17, 15) is 8.42 Å². The standard InChI is InChI=1S/C12H15BrN4O2S/c1-17-7-5-10(16-17)4-6-15-20(18,19)12-3-2-9(14)8-11(12)13/h2-3,5,7-8,15H,4,6,14H2,1H3. The van der Waals surface area contributed by atoms with Gasteiger partial charge in [-0.15, -0.1) is 0 Å². The lowest BCUT2D eigenvalue weighted by Crippen LogP contribution is -2.26. The summed E-state index contributed by atoms with van der Waals surface area (Å²) in [6.45, 7) is 0.288. The van der Waals surface area contributed by atoms with Crippen molar-refractivity contribution in [3.63, 3.8) is 0 Å². The third-order valence-electron chi connectivity index (χ3n) is 2.69. The smallest absolute Gasteiger partial charge is 0.241 e. The van der Waals surface area contributed by atoms with Gasteiger partial charge in [0.15, 0.2) is 0 Å². The van der Waals surface area contributed by atoms with Gasteiger partial charge in [-0.25, -0.2) is 13.1 Å². The van der Waals surface area contributed by atoms with Gasteiger partial charge in [0.25, 0.3) is 0 Å². The van der Waals surface area contributed by atoms with Crippen molar-refractivity contribution < 1.29 is 8.42 Å². The van der Waals surface area contributed by atoms with E-state index in [0.717, 1.165) is 5.69 Å². The van der Waals surface area contributed by atoms with Crippen molar-refractivity contribution >= 4 is 31.6 Å². The first-order chi connectivity index (χ1) is 9.38. The molecule has 0 spiro atoms. The van der Waals surface area contributed by atoms with E-state index < -0.39 is 10.0 Å². The summed E-state index contributed by atoms with van der Waals surface area (Å²) in [5.41, 5.74) is 6.94. The summed E-state index contributed by atoms with van der Waals surface area (Å²) < 4.78 is 29.0. The van der Waals surface area contributed by atoms with Crippen LogP contribution in [0.1, 0.15) is 5.69 Å². The molecule has 0 atom stereocenters. The van der Waals surface area contributed by atoms with Gasteiger partial charge in [0.05, 0.1) is 10.6 Å². The zero-order valence-corrected chi connectivity index (χ0v) is 13.3. The molecule has 20 heavy (non-hydrogen) atoms. The van der Waals surface area contributed by atoms with E-state index in [0.29, 0.717) is 16.6 Å². The monoisotopic (exact) mass is 358 g/mol. The fourth-order valence-electron chi connectivity index (χ4n) is 1.72. The maximum Gasteiger partial charge on any atom is 0.241 e. The Hall–Kier alpha value is -1.38. The molecule has 0 fully saturated rings. The molecule has 3 N–H and O–H groups in total. The molecule has 0 amide bonds. The molecule has 2 aromatic rings. The van der Waals surface area contributed by atoms with Crippen molar-refractivity contribution in [1.82, 2.24) is 14.5 Å². The average molecular weight is 359 g/mol. The second kappa shape index (κ2) is 5.94. The number of nitrogens with two attached hydrogens (primary N) is 1. The van der Waals surface area contributed by atoms with Crippen molar-refractivity contribution in [2.45, 2.75) is 11.3 Å². The predicted molar refractivity (Wildman–Crippen MR) is 80.7 cm³/mol. The zero-order chi connectivity index (χ0) is 14.8. The fraction of sp³-hybridized carbons (Fsp3) is 0.250. The second-order valence-electron chi connectivity index (χ2n) is 4.32. The van der Waals surface area contributed by atoms with Gasteiger partial charge in [0.1, 0.15) is 0 Å². The SMILES string of the molecule is Cn1ccc(CCNS(=O)(=O)c2ccc(N)cc2Br)n1. The highest BCUT2D eigenvalue weighted by Crippen LogP contribution is 2.23. The fourth-order valence-corrected chi connectivity index (χ4v) is 3.85. The van der Waals surface area contributed by atoms with Crippen molar-refractivity contribution in [2.24, 2.45) is 7.05 Å². The van der Waals surface area contributed by atoms with Crippen molar-refractivity contribution in [3.05, 3.63) is 40.6 Å². The van der Waals surface area contributed by atoms with E-state index in [1.807, 2.05) is 19.3 Å². The van der Waals surface area contributed by atoms with Crippen LogP contribution in [0.25, 0.3) is 0 Å². The molecule has 0 aliphatic carbocycles. The van der Waals surface area contributed by atoms with Crippen LogP contribution in [-0.4, -0.2) is 24.7 Å². The molecule has 1 heterocycles. The summed E-state index contributed by atoms with van der Waals surface area (Å²) in [5.74, 6) is 0. The first kappa shape index (κ1) is 15.0. The molecule has 1 aromatic heterocycles. The summed E-state index contributed by atoms with van der Waals surface area (Å²) in [7, 11) is -1.74. The van der Waals surface area contributed by atoms with Crippen LogP contribution < -0.4 is 10.5 Å². The van der Waals surface area contributed by atoms with Crippen LogP contribution >= 0.6 is 15.9 Å². The van der Waals surface area contributed by atoms with E-state index in [-0.39, 0.29) is 11.4 Å². The number of aryl methyl sites for hydroxylation is 1. The molecule has 0 saturated heterocycles. The van der Waals surface area contributed by atoms with Gasteiger partial charge in [-0.2, -0.15) is 5.10 Å². The number of rotatable bonds is 5. The van der Waals surface area contributed by atoms with Crippen LogP contribution in [-0.2, 0) is 23.5 Å². The van der Waals surface area contributed by atoms with Gasteiger partial charge in [-0.1, -0.05) is 0 Å². The van der Waals surface area contributed by atoms with E-state index in [1.54, 1.807) is 16.8 Å². The molecular weight excluding hydrogens is 344 g/mol. The van der Waals surface area contributed by atoms with Crippen LogP contribution in [0, 0.1) is 0 Å². The molecule has 0 aliphatic rings. The van der Waals surface area contributed by atoms with E-state index in [1.165, 1.54) is 6.07 Å². The number of benzene rings is 1. The Balaban J connectivity index is 2.04. The average Bonchev–Trinajstić information content (AvgIpc) is 2.74. The van der Waals surface area contributed by atoms with Crippen LogP contribution in [0.15, 0.2) is 39.8 Å². The molecule has 0 saturated carbocycles. The summed E-state index contributed by atoms with van der Waals surface area (Å²) in [6.07, 6.45) is 2.35. The largest absolute Gasteiger partial charge is 0.399 e. The number of aromatic nitrogens is 2. The minimum atomic E-state index is -3.56. The number of nitrogen functional groups attached to an aromatic ring is 1. The number of sulfonamides is 1. The quantitative estimate of drug-likeness (QED) is 0.787. The van der Waals surface area contributed by atoms with Crippen molar-refractivity contribution in [1.29, 1.82) is 0 Å². The molecule has 108 valence electrons. The minimum Gasteiger partial charge on any atom is -0.399 e. The van der Waals surface area contributed by atoms with Gasteiger partial charge < -0.3 is 5.73 Å². The Bertz CT molecular complexity index is 712. The lowest BCUT2D eigenvalue weighted by molar-refractivity contribution is 0.580. The lowest BCUT2D eigenvalue weighted by atomic mass is 10.3. The van der Waals surface area contributed by atoms with Crippen LogP contribution in [0.3, 0.4) is 0 Å². The zero-order valence-electron chi connectivity index (χ0n) is 10.9. The first-order valence-electron chi connectivity index (χ1n) is 5.92. The van der Waals surface area contributed by atoms with Crippen LogP contribution in [0.5, 0.6) is 0 Å². The Labute approximate surface area is 126 Å². The lowest BCUT2D eigenvalue weighted by Gasteiger charge is -2.08. The second-order valence-corrected chi connectivity index (χ2v) is 6.91. The van der Waals surface area contributed by atoms with Gasteiger partial charge in [0, 0.05) is 36.4 Å². The Morgan fingerprint density at radius 1 is 1.40 bits per heavy atom. The number of nitrogens with one attached hydrogen (secondary N) is 1. The van der Waals surface area contributed by atoms with Crippen molar-refractivity contribution in [2.75, 3.05) is 12.3 Å². The molecule has 1 aromatic carbocycles. The van der Waals surface area contributed by atoms with Gasteiger partial charge in [-0.3, -0.25) is 4.68 Å². The molecule has 6 nitrogen and oxygen atoms in total. The number of hydrogen-bond acceptors (Lipinski definition) is 4. The summed E-state index contributed by atoms with van der Waals surface area (Å²) in [5, 5.41) is 4.19. The highest BCUT2D eigenvalue weighted by atomic mass is 79.9. The third kappa shape index (κ3) is 3.59. The summed E-state index contributed by atoms with van der Waals surface area (Å²) in [6, 6.07) is 6.45. The third-order valence-corrected chi connectivity index (χ3v) is 5.13. The Morgan fingerprint density at radius 3 is 2.75 bits per heavy atom. The number of hydrogen-bond donors (Lipinski definition) is 2. The predicted octanol–water partition coefficient (Wildman–Crippen LogP) is 1.29. The molecule has 0 aliphatic heterocycles. The van der Waals surface area contributed by atoms with E-state index in [2.05, 4.69) is 25.8 Å². The number of anilines is 1. The minimum absolute atomic E-state index is 0.174. The molecule has 8 heteroatoms. The maximum atomic E-state index is 12.2. The van der Waals surface area contributed by atoms with E-state index in [4.69, 9.17) is 5.73 Å². The molecule has 0 unspecified atom stereocenters. The molecule has 0 bridgehead atoms. The van der Waals surface area contributed by atoms with Crippen LogP contribution in [0.2, 0.25) is 0 Å². The number of nitrogens with zero attached hydrogens (tertiary/aromatic N) is 2. The topological polar surface area (TPSA) is 90.0 Å². The van der Waals surface area contributed by atoms with E-state index >= 15 is 0 Å². The molecule has 2 rings (SSSR count).